The summed E-state index contributed by atoms with van der Waals surface area (Å²) in [5, 5.41) is 11.5. The molecule has 0 unspecified atom stereocenters. The van der Waals surface area contributed by atoms with Gasteiger partial charge in [-0.1, -0.05) is 12.8 Å². The Bertz CT molecular complexity index is 923. The number of amides is 1. The maximum Gasteiger partial charge on any atom is 0.255 e. The normalized spacial score (nSPS) is 14.7. The Morgan fingerprint density at radius 3 is 2.19 bits per heavy atom. The van der Waals surface area contributed by atoms with Crippen molar-refractivity contribution in [2.24, 2.45) is 0 Å². The molecule has 6 nitrogen and oxygen atoms in total. The quantitative estimate of drug-likeness (QED) is 0.846. The summed E-state index contributed by atoms with van der Waals surface area (Å²) in [7, 11) is -3.57. The molecule has 134 valence electrons. The molecular formula is C19H19N3O3S. The maximum absolute atomic E-state index is 12.4. The first-order valence-corrected chi connectivity index (χ1v) is 9.90. The number of nitrogens with one attached hydrogen (secondary N) is 2. The number of anilines is 1. The lowest BCUT2D eigenvalue weighted by Crippen LogP contribution is -2.32. The zero-order valence-corrected chi connectivity index (χ0v) is 14.9. The van der Waals surface area contributed by atoms with Crippen LogP contribution in [0.2, 0.25) is 0 Å². The standard InChI is InChI=1S/C19H19N3O3S/c20-13-14-5-9-16(10-6-14)21-19(23)15-7-11-18(12-8-15)26(24,25)22-17-3-1-2-4-17/h5-12,17,22H,1-4H2,(H,21,23). The summed E-state index contributed by atoms with van der Waals surface area (Å²) >= 11 is 0. The first kappa shape index (κ1) is 18.1. The second kappa shape index (κ2) is 7.68. The van der Waals surface area contributed by atoms with Gasteiger partial charge in [0.15, 0.2) is 0 Å². The molecule has 1 fully saturated rings. The number of hydrogen-bond acceptors (Lipinski definition) is 4. The zero-order chi connectivity index (χ0) is 18.6. The van der Waals surface area contributed by atoms with Gasteiger partial charge in [0.05, 0.1) is 16.5 Å². The van der Waals surface area contributed by atoms with E-state index in [1.54, 1.807) is 24.3 Å². The molecule has 3 rings (SSSR count). The molecule has 0 aromatic heterocycles. The number of benzene rings is 2. The van der Waals surface area contributed by atoms with Crippen LogP contribution in [-0.4, -0.2) is 20.4 Å². The largest absolute Gasteiger partial charge is 0.322 e. The molecule has 2 N–H and O–H groups in total. The Labute approximate surface area is 152 Å². The molecule has 0 saturated heterocycles. The summed E-state index contributed by atoms with van der Waals surface area (Å²) in [6.07, 6.45) is 3.82. The van der Waals surface area contributed by atoms with Crippen molar-refractivity contribution >= 4 is 21.6 Å². The predicted octanol–water partition coefficient (Wildman–Crippen LogP) is 3.03. The molecule has 2 aromatic rings. The SMILES string of the molecule is N#Cc1ccc(NC(=O)c2ccc(S(=O)(=O)NC3CCCC3)cc2)cc1. The summed E-state index contributed by atoms with van der Waals surface area (Å²) < 4.78 is 27.5. The number of hydrogen-bond donors (Lipinski definition) is 2. The summed E-state index contributed by atoms with van der Waals surface area (Å²) in [4.78, 5) is 12.4. The van der Waals surface area contributed by atoms with Gasteiger partial charge in [0, 0.05) is 17.3 Å². The minimum atomic E-state index is -3.57. The van der Waals surface area contributed by atoms with E-state index in [0.29, 0.717) is 16.8 Å². The van der Waals surface area contributed by atoms with Gasteiger partial charge in [-0.15, -0.1) is 0 Å². The van der Waals surface area contributed by atoms with Gasteiger partial charge >= 0.3 is 0 Å². The van der Waals surface area contributed by atoms with Gasteiger partial charge in [-0.2, -0.15) is 5.26 Å². The highest BCUT2D eigenvalue weighted by Crippen LogP contribution is 2.21. The summed E-state index contributed by atoms with van der Waals surface area (Å²) in [5.41, 5.74) is 1.43. The Morgan fingerprint density at radius 2 is 1.62 bits per heavy atom. The minimum absolute atomic E-state index is 0.000595. The highest BCUT2D eigenvalue weighted by Gasteiger charge is 2.23. The van der Waals surface area contributed by atoms with Crippen LogP contribution in [-0.2, 0) is 10.0 Å². The maximum atomic E-state index is 12.4. The fourth-order valence-electron chi connectivity index (χ4n) is 2.95. The zero-order valence-electron chi connectivity index (χ0n) is 14.1. The highest BCUT2D eigenvalue weighted by molar-refractivity contribution is 7.89. The van der Waals surface area contributed by atoms with Crippen LogP contribution >= 0.6 is 0 Å². The van der Waals surface area contributed by atoms with Crippen molar-refractivity contribution in [3.8, 4) is 6.07 Å². The molecule has 0 bridgehead atoms. The fourth-order valence-corrected chi connectivity index (χ4v) is 4.25. The van der Waals surface area contributed by atoms with Gasteiger partial charge in [-0.3, -0.25) is 4.79 Å². The van der Waals surface area contributed by atoms with E-state index in [0.717, 1.165) is 25.7 Å². The Hall–Kier alpha value is -2.69. The van der Waals surface area contributed by atoms with E-state index in [2.05, 4.69) is 10.0 Å². The Balaban J connectivity index is 1.68. The summed E-state index contributed by atoms with van der Waals surface area (Å²) in [6, 6.07) is 14.4. The molecule has 1 aliphatic carbocycles. The van der Waals surface area contributed by atoms with Crippen LogP contribution in [0.3, 0.4) is 0 Å². The molecule has 0 spiro atoms. The monoisotopic (exact) mass is 369 g/mol. The van der Waals surface area contributed by atoms with Crippen molar-refractivity contribution in [2.45, 2.75) is 36.6 Å². The first-order chi connectivity index (χ1) is 12.5. The van der Waals surface area contributed by atoms with Crippen molar-refractivity contribution in [1.29, 1.82) is 5.26 Å². The van der Waals surface area contributed by atoms with E-state index in [9.17, 15) is 13.2 Å². The van der Waals surface area contributed by atoms with Gasteiger partial charge in [0.2, 0.25) is 10.0 Å². The Morgan fingerprint density at radius 1 is 1.00 bits per heavy atom. The van der Waals surface area contributed by atoms with Crippen LogP contribution in [0.5, 0.6) is 0 Å². The molecular weight excluding hydrogens is 350 g/mol. The van der Waals surface area contributed by atoms with Crippen molar-refractivity contribution < 1.29 is 13.2 Å². The van der Waals surface area contributed by atoms with E-state index < -0.39 is 10.0 Å². The van der Waals surface area contributed by atoms with Gasteiger partial charge in [0.1, 0.15) is 0 Å². The third-order valence-electron chi connectivity index (χ3n) is 4.38. The molecule has 0 radical (unpaired) electrons. The average molecular weight is 369 g/mol. The molecule has 0 heterocycles. The topological polar surface area (TPSA) is 99.1 Å². The number of nitrogens with zero attached hydrogens (tertiary/aromatic N) is 1. The molecule has 1 amide bonds. The van der Waals surface area contributed by atoms with Crippen LogP contribution in [0.15, 0.2) is 53.4 Å². The van der Waals surface area contributed by atoms with E-state index >= 15 is 0 Å². The van der Waals surface area contributed by atoms with E-state index in [-0.39, 0.29) is 16.8 Å². The number of carbonyl (C=O) groups is 1. The number of sulfonamides is 1. The molecule has 2 aromatic carbocycles. The van der Waals surface area contributed by atoms with Crippen LogP contribution in [0.1, 0.15) is 41.6 Å². The van der Waals surface area contributed by atoms with Crippen LogP contribution in [0.25, 0.3) is 0 Å². The van der Waals surface area contributed by atoms with Crippen molar-refractivity contribution in [1.82, 2.24) is 4.72 Å². The fraction of sp³-hybridized carbons (Fsp3) is 0.263. The molecule has 1 saturated carbocycles. The highest BCUT2D eigenvalue weighted by atomic mass is 32.2. The van der Waals surface area contributed by atoms with Crippen molar-refractivity contribution in [2.75, 3.05) is 5.32 Å². The van der Waals surface area contributed by atoms with Crippen LogP contribution in [0.4, 0.5) is 5.69 Å². The lowest BCUT2D eigenvalue weighted by molar-refractivity contribution is 0.102. The summed E-state index contributed by atoms with van der Waals surface area (Å²) in [6.45, 7) is 0. The second-order valence-corrected chi connectivity index (χ2v) is 7.98. The minimum Gasteiger partial charge on any atom is -0.322 e. The number of rotatable bonds is 5. The number of carbonyl (C=O) groups excluding carboxylic acids is 1. The lowest BCUT2D eigenvalue weighted by atomic mass is 10.2. The van der Waals surface area contributed by atoms with Gasteiger partial charge in [-0.05, 0) is 61.4 Å². The molecule has 0 aliphatic heterocycles. The Kier molecular flexibility index (Phi) is 5.35. The van der Waals surface area contributed by atoms with E-state index in [4.69, 9.17) is 5.26 Å². The van der Waals surface area contributed by atoms with E-state index in [1.165, 1.54) is 24.3 Å². The smallest absolute Gasteiger partial charge is 0.255 e. The van der Waals surface area contributed by atoms with E-state index in [1.807, 2.05) is 6.07 Å². The predicted molar refractivity (Wildman–Crippen MR) is 98.1 cm³/mol. The molecule has 26 heavy (non-hydrogen) atoms. The third kappa shape index (κ3) is 4.28. The van der Waals surface area contributed by atoms with Gasteiger partial charge in [-0.25, -0.2) is 13.1 Å². The van der Waals surface area contributed by atoms with Crippen molar-refractivity contribution in [3.63, 3.8) is 0 Å². The average Bonchev–Trinajstić information content (AvgIpc) is 3.14. The van der Waals surface area contributed by atoms with Crippen LogP contribution in [0, 0.1) is 11.3 Å². The number of nitriles is 1. The van der Waals surface area contributed by atoms with Crippen molar-refractivity contribution in [3.05, 3.63) is 59.7 Å². The summed E-state index contributed by atoms with van der Waals surface area (Å²) in [5.74, 6) is -0.345. The lowest BCUT2D eigenvalue weighted by Gasteiger charge is -2.13. The molecule has 1 aliphatic rings. The van der Waals surface area contributed by atoms with Gasteiger partial charge in [0.25, 0.3) is 5.91 Å². The molecule has 0 atom stereocenters. The second-order valence-electron chi connectivity index (χ2n) is 6.27. The van der Waals surface area contributed by atoms with Gasteiger partial charge < -0.3 is 5.32 Å². The molecule has 7 heteroatoms. The van der Waals surface area contributed by atoms with Crippen LogP contribution < -0.4 is 10.0 Å². The first-order valence-electron chi connectivity index (χ1n) is 8.42. The third-order valence-corrected chi connectivity index (χ3v) is 5.91.